The van der Waals surface area contributed by atoms with Gasteiger partial charge in [0.2, 0.25) is 0 Å². The summed E-state index contributed by atoms with van der Waals surface area (Å²) in [5, 5.41) is 12.0. The van der Waals surface area contributed by atoms with Gasteiger partial charge in [0.25, 0.3) is 0 Å². The minimum absolute atomic E-state index is 0.277. The van der Waals surface area contributed by atoms with Crippen molar-refractivity contribution in [2.24, 2.45) is 5.73 Å². The van der Waals surface area contributed by atoms with E-state index >= 15 is 0 Å². The Hall–Kier alpha value is -1.23. The molecule has 0 saturated carbocycles. The van der Waals surface area contributed by atoms with E-state index in [-0.39, 0.29) is 6.04 Å². The summed E-state index contributed by atoms with van der Waals surface area (Å²) in [6.45, 7) is 0. The summed E-state index contributed by atoms with van der Waals surface area (Å²) in [6.07, 6.45) is 3.54. The van der Waals surface area contributed by atoms with Gasteiger partial charge in [-0.25, -0.2) is 0 Å². The van der Waals surface area contributed by atoms with Crippen molar-refractivity contribution in [1.29, 1.82) is 0 Å². The summed E-state index contributed by atoms with van der Waals surface area (Å²) >= 11 is 1.53. The summed E-state index contributed by atoms with van der Waals surface area (Å²) in [6, 6.07) is 7.38. The SMILES string of the molecule is NC(Cc1ccncc1)C(O)c1cccs1. The van der Waals surface area contributed by atoms with Crippen LogP contribution in [0.25, 0.3) is 0 Å². The molecule has 0 spiro atoms. The summed E-state index contributed by atoms with van der Waals surface area (Å²) in [5.41, 5.74) is 7.07. The molecule has 0 saturated heterocycles. The highest BCUT2D eigenvalue weighted by molar-refractivity contribution is 7.10. The van der Waals surface area contributed by atoms with Crippen molar-refractivity contribution in [2.45, 2.75) is 18.6 Å². The van der Waals surface area contributed by atoms with Crippen LogP contribution in [0.5, 0.6) is 0 Å². The van der Waals surface area contributed by atoms with Gasteiger partial charge in [-0.2, -0.15) is 0 Å². The molecule has 84 valence electrons. The summed E-state index contributed by atoms with van der Waals surface area (Å²) in [5.74, 6) is 0. The maximum atomic E-state index is 10.0. The number of pyridine rings is 1. The molecule has 0 aliphatic heterocycles. The lowest BCUT2D eigenvalue weighted by molar-refractivity contribution is 0.150. The van der Waals surface area contributed by atoms with Crippen LogP contribution in [0.3, 0.4) is 0 Å². The minimum Gasteiger partial charge on any atom is -0.386 e. The second kappa shape index (κ2) is 5.21. The molecule has 0 amide bonds. The zero-order valence-electron chi connectivity index (χ0n) is 8.78. The van der Waals surface area contributed by atoms with Crippen LogP contribution < -0.4 is 5.73 Å². The normalized spacial score (nSPS) is 14.6. The molecular weight excluding hydrogens is 220 g/mol. The number of rotatable bonds is 4. The van der Waals surface area contributed by atoms with Crippen molar-refractivity contribution >= 4 is 11.3 Å². The van der Waals surface area contributed by atoms with Crippen LogP contribution >= 0.6 is 11.3 Å². The number of aliphatic hydroxyl groups excluding tert-OH is 1. The Kier molecular flexibility index (Phi) is 3.66. The lowest BCUT2D eigenvalue weighted by Crippen LogP contribution is -2.30. The Morgan fingerprint density at radius 2 is 2.06 bits per heavy atom. The van der Waals surface area contributed by atoms with Gasteiger partial charge in [-0.1, -0.05) is 6.07 Å². The Morgan fingerprint density at radius 1 is 1.31 bits per heavy atom. The molecule has 2 heterocycles. The van der Waals surface area contributed by atoms with Gasteiger partial charge in [0, 0.05) is 23.3 Å². The standard InChI is InChI=1S/C12H14N2OS/c13-10(8-9-3-5-14-6-4-9)12(15)11-2-1-7-16-11/h1-7,10,12,15H,8,13H2. The van der Waals surface area contributed by atoms with E-state index in [9.17, 15) is 5.11 Å². The highest BCUT2D eigenvalue weighted by Crippen LogP contribution is 2.22. The fourth-order valence-corrected chi connectivity index (χ4v) is 2.36. The third-order valence-electron chi connectivity index (χ3n) is 2.46. The van der Waals surface area contributed by atoms with Crippen molar-refractivity contribution in [3.05, 3.63) is 52.5 Å². The molecule has 4 heteroatoms. The van der Waals surface area contributed by atoms with Crippen LogP contribution in [0.1, 0.15) is 16.5 Å². The van der Waals surface area contributed by atoms with Crippen molar-refractivity contribution in [2.75, 3.05) is 0 Å². The molecule has 3 nitrogen and oxygen atoms in total. The van der Waals surface area contributed by atoms with Gasteiger partial charge in [-0.05, 0) is 35.6 Å². The largest absolute Gasteiger partial charge is 0.386 e. The van der Waals surface area contributed by atoms with E-state index in [1.807, 2.05) is 29.6 Å². The van der Waals surface area contributed by atoms with Gasteiger partial charge >= 0.3 is 0 Å². The van der Waals surface area contributed by atoms with Crippen LogP contribution in [0.2, 0.25) is 0 Å². The molecule has 0 radical (unpaired) electrons. The van der Waals surface area contributed by atoms with Gasteiger partial charge < -0.3 is 10.8 Å². The summed E-state index contributed by atoms with van der Waals surface area (Å²) < 4.78 is 0. The molecule has 2 atom stereocenters. The predicted molar refractivity (Wildman–Crippen MR) is 65.2 cm³/mol. The second-order valence-electron chi connectivity index (χ2n) is 3.68. The lowest BCUT2D eigenvalue weighted by Gasteiger charge is -2.17. The molecule has 0 bridgehead atoms. The van der Waals surface area contributed by atoms with E-state index < -0.39 is 6.10 Å². The number of nitrogens with zero attached hydrogens (tertiary/aromatic N) is 1. The van der Waals surface area contributed by atoms with E-state index in [0.717, 1.165) is 10.4 Å². The molecular formula is C12H14N2OS. The van der Waals surface area contributed by atoms with E-state index in [0.29, 0.717) is 6.42 Å². The monoisotopic (exact) mass is 234 g/mol. The van der Waals surface area contributed by atoms with Gasteiger partial charge in [0.1, 0.15) is 6.10 Å². The summed E-state index contributed by atoms with van der Waals surface area (Å²) in [4.78, 5) is 4.86. The zero-order chi connectivity index (χ0) is 11.4. The van der Waals surface area contributed by atoms with E-state index in [4.69, 9.17) is 5.73 Å². The fraction of sp³-hybridized carbons (Fsp3) is 0.250. The first-order chi connectivity index (χ1) is 7.77. The van der Waals surface area contributed by atoms with Gasteiger partial charge in [0.15, 0.2) is 0 Å². The number of hydrogen-bond acceptors (Lipinski definition) is 4. The number of thiophene rings is 1. The predicted octanol–water partition coefficient (Wildman–Crippen LogP) is 1.75. The van der Waals surface area contributed by atoms with E-state index in [1.165, 1.54) is 11.3 Å². The maximum Gasteiger partial charge on any atom is 0.103 e. The zero-order valence-corrected chi connectivity index (χ0v) is 9.60. The average Bonchev–Trinajstić information content (AvgIpc) is 2.83. The molecule has 2 aromatic heterocycles. The molecule has 0 aliphatic rings. The smallest absolute Gasteiger partial charge is 0.103 e. The first-order valence-corrected chi connectivity index (χ1v) is 6.01. The minimum atomic E-state index is -0.590. The molecule has 0 aromatic carbocycles. The van der Waals surface area contributed by atoms with Crippen LogP contribution in [0, 0.1) is 0 Å². The fourth-order valence-electron chi connectivity index (χ4n) is 1.57. The molecule has 2 unspecified atom stereocenters. The second-order valence-corrected chi connectivity index (χ2v) is 4.66. The number of aliphatic hydroxyl groups is 1. The molecule has 0 fully saturated rings. The van der Waals surface area contributed by atoms with Crippen LogP contribution in [0.4, 0.5) is 0 Å². The molecule has 3 N–H and O–H groups in total. The van der Waals surface area contributed by atoms with Gasteiger partial charge in [0.05, 0.1) is 0 Å². The molecule has 16 heavy (non-hydrogen) atoms. The molecule has 2 rings (SSSR count). The van der Waals surface area contributed by atoms with Gasteiger partial charge in [-0.3, -0.25) is 4.98 Å². The van der Waals surface area contributed by atoms with Crippen molar-refractivity contribution in [3.8, 4) is 0 Å². The number of aromatic nitrogens is 1. The van der Waals surface area contributed by atoms with Crippen LogP contribution in [0.15, 0.2) is 42.0 Å². The topological polar surface area (TPSA) is 59.1 Å². The Balaban J connectivity index is 2.01. The Labute approximate surface area is 98.6 Å². The van der Waals surface area contributed by atoms with E-state index in [1.54, 1.807) is 12.4 Å². The summed E-state index contributed by atoms with van der Waals surface area (Å²) in [7, 11) is 0. The van der Waals surface area contributed by atoms with Crippen molar-refractivity contribution < 1.29 is 5.11 Å². The van der Waals surface area contributed by atoms with E-state index in [2.05, 4.69) is 4.98 Å². The lowest BCUT2D eigenvalue weighted by atomic mass is 10.0. The quantitative estimate of drug-likeness (QED) is 0.847. The third-order valence-corrected chi connectivity index (χ3v) is 3.40. The average molecular weight is 234 g/mol. The van der Waals surface area contributed by atoms with Crippen molar-refractivity contribution in [3.63, 3.8) is 0 Å². The highest BCUT2D eigenvalue weighted by atomic mass is 32.1. The molecule has 0 aliphatic carbocycles. The number of nitrogens with two attached hydrogens (primary N) is 1. The van der Waals surface area contributed by atoms with Crippen LogP contribution in [-0.2, 0) is 6.42 Å². The van der Waals surface area contributed by atoms with Gasteiger partial charge in [-0.15, -0.1) is 11.3 Å². The Bertz CT molecular complexity index is 416. The number of hydrogen-bond donors (Lipinski definition) is 2. The van der Waals surface area contributed by atoms with Crippen LogP contribution in [-0.4, -0.2) is 16.1 Å². The first-order valence-electron chi connectivity index (χ1n) is 5.13. The Morgan fingerprint density at radius 3 is 2.69 bits per heavy atom. The van der Waals surface area contributed by atoms with Crippen molar-refractivity contribution in [1.82, 2.24) is 4.98 Å². The third kappa shape index (κ3) is 2.66. The first kappa shape index (κ1) is 11.3. The molecule has 2 aromatic rings. The maximum absolute atomic E-state index is 10.0. The highest BCUT2D eigenvalue weighted by Gasteiger charge is 2.17.